The van der Waals surface area contributed by atoms with E-state index in [0.717, 1.165) is 26.2 Å². The molecule has 3 nitrogen and oxygen atoms in total. The van der Waals surface area contributed by atoms with E-state index in [9.17, 15) is 0 Å². The Labute approximate surface area is 159 Å². The number of likely N-dealkylation sites (N-methyl/N-ethyl adjacent to an activating group) is 1. The van der Waals surface area contributed by atoms with Crippen LogP contribution < -0.4 is 4.75 Å². The highest BCUT2D eigenvalue weighted by atomic mass is 31.2. The second-order valence-corrected chi connectivity index (χ2v) is 18.5. The zero-order valence-corrected chi connectivity index (χ0v) is 20.3. The second-order valence-electron chi connectivity index (χ2n) is 8.98. The zero-order chi connectivity index (χ0) is 19.3. The van der Waals surface area contributed by atoms with Gasteiger partial charge in [-0.25, -0.2) is 0 Å². The quantitative estimate of drug-likeness (QED) is 0.431. The summed E-state index contributed by atoms with van der Waals surface area (Å²) in [4.78, 5) is 7.62. The Balaban J connectivity index is 3.28. The summed E-state index contributed by atoms with van der Waals surface area (Å²) in [6, 6.07) is 0. The van der Waals surface area contributed by atoms with E-state index in [0.29, 0.717) is 11.3 Å². The monoisotopic (exact) mass is 385 g/mol. The summed E-state index contributed by atoms with van der Waals surface area (Å²) < 4.78 is 4.28. The lowest BCUT2D eigenvalue weighted by Gasteiger charge is -2.43. The van der Waals surface area contributed by atoms with Gasteiger partial charge in [-0.1, -0.05) is 61.2 Å². The Kier molecular flexibility index (Phi) is 9.14. The van der Waals surface area contributed by atoms with E-state index in [2.05, 4.69) is 70.8 Å². The first-order valence-electron chi connectivity index (χ1n) is 10.4. The number of hydrogen-bond acceptors (Lipinski definition) is 3. The van der Waals surface area contributed by atoms with Crippen LogP contribution in [0, 0.1) is 0 Å². The fourth-order valence-corrected chi connectivity index (χ4v) is 14.9. The minimum atomic E-state index is -1.36. The van der Waals surface area contributed by atoms with Crippen LogP contribution in [0.2, 0.25) is 19.6 Å². The van der Waals surface area contributed by atoms with Crippen LogP contribution in [0.15, 0.2) is 4.99 Å². The lowest BCUT2D eigenvalue weighted by atomic mass is 10.3. The molecule has 5 heteroatoms. The zero-order valence-electron chi connectivity index (χ0n) is 18.4. The molecule has 0 unspecified atom stereocenters. The van der Waals surface area contributed by atoms with Gasteiger partial charge >= 0.3 is 0 Å². The summed E-state index contributed by atoms with van der Waals surface area (Å²) in [5.41, 5.74) is 2.86. The molecular weight excluding hydrogens is 341 g/mol. The van der Waals surface area contributed by atoms with Gasteiger partial charge in [0.15, 0.2) is 0 Å². The van der Waals surface area contributed by atoms with Gasteiger partial charge in [0.05, 0.1) is 6.54 Å². The standard InChI is InChI=1S/C20H44N3PSi/c1-10-23(11-2)16-15-21-19-13-12-14-20(19)24(17(3)4,18(5)6)22-25(7,8)9/h17-18,22H,10-16H2,1-9H3. The maximum atomic E-state index is 5.14. The Bertz CT molecular complexity index is 488. The Morgan fingerprint density at radius 3 is 2.04 bits per heavy atom. The van der Waals surface area contributed by atoms with Gasteiger partial charge in [-0.3, -0.25) is 4.99 Å². The maximum Gasteiger partial charge on any atom is 0.120 e. The van der Waals surface area contributed by atoms with Crippen LogP contribution >= 0.6 is 7.04 Å². The second kappa shape index (κ2) is 9.87. The molecule has 1 aliphatic rings. The van der Waals surface area contributed by atoms with Crippen molar-refractivity contribution in [2.24, 2.45) is 4.99 Å². The fourth-order valence-electron chi connectivity index (χ4n) is 4.25. The summed E-state index contributed by atoms with van der Waals surface area (Å²) in [5.74, 6) is 0. The van der Waals surface area contributed by atoms with Crippen LogP contribution in [0.5, 0.6) is 0 Å². The highest BCUT2D eigenvalue weighted by Gasteiger charge is 2.36. The van der Waals surface area contributed by atoms with Crippen molar-refractivity contribution in [3.8, 4) is 0 Å². The third-order valence-corrected chi connectivity index (χ3v) is 14.2. The number of nitrogens with one attached hydrogen (secondary N) is 1. The van der Waals surface area contributed by atoms with Crippen molar-refractivity contribution in [1.29, 1.82) is 0 Å². The molecule has 1 aliphatic carbocycles. The van der Waals surface area contributed by atoms with E-state index >= 15 is 0 Å². The van der Waals surface area contributed by atoms with Gasteiger partial charge in [-0.2, -0.15) is 0 Å². The van der Waals surface area contributed by atoms with Gasteiger partial charge in [-0.15, -0.1) is 0 Å². The van der Waals surface area contributed by atoms with E-state index < -0.39 is 15.3 Å². The summed E-state index contributed by atoms with van der Waals surface area (Å²) in [5, 5.41) is 1.74. The maximum absolute atomic E-state index is 5.14. The Morgan fingerprint density at radius 2 is 1.60 bits per heavy atom. The van der Waals surface area contributed by atoms with Gasteiger partial charge in [0.2, 0.25) is 0 Å². The van der Waals surface area contributed by atoms with Gasteiger partial charge in [0.25, 0.3) is 0 Å². The number of nitrogens with zero attached hydrogens (tertiary/aromatic N) is 2. The molecular formula is C20H44N3PSi. The van der Waals surface area contributed by atoms with E-state index in [1.54, 1.807) is 5.29 Å². The molecule has 0 aromatic heterocycles. The molecule has 0 amide bonds. The molecule has 148 valence electrons. The topological polar surface area (TPSA) is 27.6 Å². The van der Waals surface area contributed by atoms with Gasteiger partial charge < -0.3 is 9.65 Å². The lowest BCUT2D eigenvalue weighted by molar-refractivity contribution is 0.313. The largest absolute Gasteiger partial charge is 0.317 e. The minimum Gasteiger partial charge on any atom is -0.317 e. The van der Waals surface area contributed by atoms with Crippen molar-refractivity contribution in [1.82, 2.24) is 9.65 Å². The van der Waals surface area contributed by atoms with Crippen molar-refractivity contribution in [2.45, 2.75) is 91.8 Å². The van der Waals surface area contributed by atoms with Crippen molar-refractivity contribution in [2.75, 3.05) is 26.2 Å². The highest BCUT2D eigenvalue weighted by molar-refractivity contribution is 7.78. The van der Waals surface area contributed by atoms with Crippen LogP contribution in [0.25, 0.3) is 0 Å². The molecule has 25 heavy (non-hydrogen) atoms. The summed E-state index contributed by atoms with van der Waals surface area (Å²) in [6.07, 6.45) is 3.77. The molecule has 1 rings (SSSR count). The molecule has 0 aromatic rings. The first-order chi connectivity index (χ1) is 11.6. The molecule has 0 spiro atoms. The normalized spacial score (nSPS) is 18.4. The predicted octanol–water partition coefficient (Wildman–Crippen LogP) is 5.30. The third-order valence-electron chi connectivity index (χ3n) is 5.37. The van der Waals surface area contributed by atoms with Crippen LogP contribution in [0.3, 0.4) is 0 Å². The summed E-state index contributed by atoms with van der Waals surface area (Å²) in [7, 11) is -2.72. The molecule has 0 aliphatic heterocycles. The molecule has 1 fully saturated rings. The Morgan fingerprint density at radius 1 is 1.04 bits per heavy atom. The molecule has 0 bridgehead atoms. The van der Waals surface area contributed by atoms with Crippen molar-refractivity contribution < 1.29 is 0 Å². The highest BCUT2D eigenvalue weighted by Crippen LogP contribution is 2.57. The van der Waals surface area contributed by atoms with Gasteiger partial charge in [0.1, 0.15) is 8.24 Å². The van der Waals surface area contributed by atoms with E-state index in [4.69, 9.17) is 4.99 Å². The first kappa shape index (κ1) is 23.1. The van der Waals surface area contributed by atoms with E-state index in [1.807, 2.05) is 0 Å². The smallest absolute Gasteiger partial charge is 0.120 e. The van der Waals surface area contributed by atoms with E-state index in [-0.39, 0.29) is 0 Å². The molecule has 0 atom stereocenters. The van der Waals surface area contributed by atoms with Crippen LogP contribution in [-0.2, 0) is 0 Å². The molecule has 0 heterocycles. The first-order valence-corrected chi connectivity index (χ1v) is 15.8. The lowest BCUT2D eigenvalue weighted by Crippen LogP contribution is -2.44. The van der Waals surface area contributed by atoms with Crippen LogP contribution in [0.1, 0.15) is 60.8 Å². The molecule has 0 aromatic carbocycles. The predicted molar refractivity (Wildman–Crippen MR) is 123 cm³/mol. The average molecular weight is 386 g/mol. The van der Waals surface area contributed by atoms with Crippen molar-refractivity contribution in [3.63, 3.8) is 0 Å². The number of hydrogen-bond donors (Lipinski definition) is 1. The minimum absolute atomic E-state index is 0.695. The third kappa shape index (κ3) is 6.06. The fraction of sp³-hybridized carbons (Fsp3) is 0.900. The number of aliphatic imine (C=N–C) groups is 1. The van der Waals surface area contributed by atoms with Crippen molar-refractivity contribution in [3.05, 3.63) is 0 Å². The summed E-state index contributed by atoms with van der Waals surface area (Å²) >= 11 is 0. The van der Waals surface area contributed by atoms with Crippen LogP contribution in [0.4, 0.5) is 0 Å². The summed E-state index contributed by atoms with van der Waals surface area (Å²) in [6.45, 7) is 26.0. The number of rotatable bonds is 9. The SMILES string of the molecule is CCN(CC)CCN=C1CCCC1=P(N[Si](C)(C)C)(C(C)C)C(C)C. The van der Waals surface area contributed by atoms with Crippen molar-refractivity contribution >= 4 is 26.3 Å². The molecule has 0 saturated heterocycles. The molecule has 1 saturated carbocycles. The van der Waals surface area contributed by atoms with Crippen LogP contribution in [-0.4, -0.2) is 61.6 Å². The van der Waals surface area contributed by atoms with Gasteiger partial charge in [0, 0.05) is 12.3 Å². The average Bonchev–Trinajstić information content (AvgIpc) is 2.96. The van der Waals surface area contributed by atoms with E-state index in [1.165, 1.54) is 25.0 Å². The molecule has 1 N–H and O–H groups in total. The van der Waals surface area contributed by atoms with Gasteiger partial charge in [-0.05, 0) is 56.0 Å². The molecule has 0 radical (unpaired) electrons. The Hall–Kier alpha value is 0.107.